The van der Waals surface area contributed by atoms with Gasteiger partial charge < -0.3 is 15.6 Å². The Kier molecular flexibility index (Phi) is 28.3. The summed E-state index contributed by atoms with van der Waals surface area (Å²) in [5.41, 5.74) is 7.48. The summed E-state index contributed by atoms with van der Waals surface area (Å²) in [6, 6.07) is 12.9. The molecule has 8 nitrogen and oxygen atoms in total. The molecule has 0 radical (unpaired) electrons. The van der Waals surface area contributed by atoms with E-state index >= 15 is 0 Å². The van der Waals surface area contributed by atoms with Crippen LogP contribution in [-0.4, -0.2) is 71.6 Å². The van der Waals surface area contributed by atoms with Gasteiger partial charge in [-0.15, -0.1) is 12.4 Å². The molecule has 2 aromatic carbocycles. The zero-order valence-corrected chi connectivity index (χ0v) is 34.2. The van der Waals surface area contributed by atoms with Crippen LogP contribution in [-0.2, 0) is 32.1 Å². The molecule has 2 heterocycles. The van der Waals surface area contributed by atoms with Gasteiger partial charge in [0.15, 0.2) is 11.6 Å². The van der Waals surface area contributed by atoms with Crippen LogP contribution >= 0.6 is 12.4 Å². The van der Waals surface area contributed by atoms with Crippen LogP contribution in [0.25, 0.3) is 0 Å². The molecule has 2 N–H and O–H groups in total. The first-order valence-corrected chi connectivity index (χ1v) is 17.5. The van der Waals surface area contributed by atoms with Gasteiger partial charge in [0.1, 0.15) is 0 Å². The van der Waals surface area contributed by atoms with Crippen molar-refractivity contribution in [1.82, 2.24) is 9.80 Å². The van der Waals surface area contributed by atoms with Gasteiger partial charge in [-0.05, 0) is 126 Å². The third-order valence-electron chi connectivity index (χ3n) is 9.60. The molecule has 0 aliphatic carbocycles. The summed E-state index contributed by atoms with van der Waals surface area (Å²) >= 11 is 0. The maximum absolute atomic E-state index is 12.8. The molecule has 2 atom stereocenters. The van der Waals surface area contributed by atoms with Crippen LogP contribution in [0, 0.1) is 27.7 Å². The van der Waals surface area contributed by atoms with Crippen molar-refractivity contribution in [2.24, 2.45) is 0 Å². The summed E-state index contributed by atoms with van der Waals surface area (Å²) in [7, 11) is 0. The SMILES string of the molecule is CCCCN1CCCCC1C(=O)Cc1c(C)cccc1C.CCCCN1CCCCC1C(=O)Cc1c(C)cccc1C.Cl.O.O=CO[O-].[Na+]. The van der Waals surface area contributed by atoms with E-state index < -0.39 is 0 Å². The normalized spacial score (nSPS) is 17.3. The number of benzene rings is 2. The second-order valence-electron chi connectivity index (χ2n) is 13.0. The van der Waals surface area contributed by atoms with Gasteiger partial charge in [-0.1, -0.05) is 75.9 Å². The standard InChI is InChI=1S/2C19H29NO.CH2O3.ClH.Na.H2O/c2*1-4-5-12-20-13-7-6-11-18(20)19(21)14-17-15(2)9-8-10-16(17)3;2-1-4-3;;;/h2*8-10,18H,4-7,11-14H2,1-3H3;1,3H;1H;;1H2/q;;;;+1;/p-1. The van der Waals surface area contributed by atoms with Gasteiger partial charge in [0.05, 0.1) is 12.1 Å². The number of Topliss-reactive ketones (excluding diaryl/α,β-unsaturated/α-hetero) is 2. The van der Waals surface area contributed by atoms with E-state index in [1.807, 2.05) is 0 Å². The predicted molar refractivity (Wildman–Crippen MR) is 196 cm³/mol. The fraction of sp³-hybridized carbons (Fsp3) is 0.615. The molecule has 0 bridgehead atoms. The van der Waals surface area contributed by atoms with Gasteiger partial charge in [0.25, 0.3) is 6.47 Å². The third-order valence-corrected chi connectivity index (χ3v) is 9.60. The van der Waals surface area contributed by atoms with Crippen molar-refractivity contribution in [1.29, 1.82) is 0 Å². The maximum Gasteiger partial charge on any atom is 1.00 e. The van der Waals surface area contributed by atoms with E-state index in [-0.39, 0.29) is 66.0 Å². The topological polar surface area (TPSA) is 121 Å². The van der Waals surface area contributed by atoms with E-state index in [0.717, 1.165) is 39.0 Å². The first kappa shape index (κ1) is 49.5. The van der Waals surface area contributed by atoms with Crippen LogP contribution in [0.4, 0.5) is 0 Å². The Morgan fingerprint density at radius 3 is 1.35 bits per heavy atom. The molecule has 2 aliphatic heterocycles. The van der Waals surface area contributed by atoms with E-state index in [9.17, 15) is 9.59 Å². The van der Waals surface area contributed by atoms with Crippen LogP contribution in [0.5, 0.6) is 0 Å². The Morgan fingerprint density at radius 2 is 1.06 bits per heavy atom. The zero-order chi connectivity index (χ0) is 33.9. The Balaban J connectivity index is 0. The summed E-state index contributed by atoms with van der Waals surface area (Å²) < 4.78 is 0. The monoisotopic (exact) mass is 712 g/mol. The van der Waals surface area contributed by atoms with Gasteiger partial charge in [-0.25, -0.2) is 0 Å². The minimum Gasteiger partial charge on any atom is -0.662 e. The number of nitrogens with zero attached hydrogens (tertiary/aromatic N) is 2. The van der Waals surface area contributed by atoms with Crippen LogP contribution < -0.4 is 34.8 Å². The first-order chi connectivity index (χ1) is 22.2. The molecule has 49 heavy (non-hydrogen) atoms. The molecule has 2 aromatic rings. The fourth-order valence-electron chi connectivity index (χ4n) is 6.81. The number of carbonyl (C=O) groups is 3. The van der Waals surface area contributed by atoms with Crippen molar-refractivity contribution in [2.75, 3.05) is 26.2 Å². The smallest absolute Gasteiger partial charge is 0.662 e. The number of halogens is 1. The fourth-order valence-corrected chi connectivity index (χ4v) is 6.81. The van der Waals surface area contributed by atoms with Crippen molar-refractivity contribution >= 4 is 30.4 Å². The van der Waals surface area contributed by atoms with Crippen molar-refractivity contribution in [3.63, 3.8) is 0 Å². The number of piperidine rings is 2. The average molecular weight is 713 g/mol. The molecule has 0 aromatic heterocycles. The quantitative estimate of drug-likeness (QED) is 0.135. The van der Waals surface area contributed by atoms with E-state index in [2.05, 4.69) is 92.6 Å². The number of hydrogen-bond donors (Lipinski definition) is 0. The zero-order valence-electron chi connectivity index (χ0n) is 31.4. The summed E-state index contributed by atoms with van der Waals surface area (Å²) in [5, 5.41) is 8.43. The van der Waals surface area contributed by atoms with Crippen molar-refractivity contribution < 1.29 is 59.6 Å². The molecule has 10 heteroatoms. The largest absolute Gasteiger partial charge is 1.00 e. The first-order valence-electron chi connectivity index (χ1n) is 17.5. The number of carbonyl (C=O) groups excluding carboxylic acids is 3. The van der Waals surface area contributed by atoms with E-state index in [1.54, 1.807) is 0 Å². The molecule has 0 saturated carbocycles. The molecule has 2 aliphatic rings. The number of rotatable bonds is 13. The number of aryl methyl sites for hydroxylation is 4. The molecule has 0 amide bonds. The molecule has 4 rings (SSSR count). The summed E-state index contributed by atoms with van der Waals surface area (Å²) in [4.78, 5) is 41.7. The number of hydrogen-bond acceptors (Lipinski definition) is 7. The molecular weight excluding hydrogens is 651 g/mol. The minimum atomic E-state index is -0.181. The molecule has 272 valence electrons. The molecule has 2 unspecified atom stereocenters. The molecule has 2 saturated heterocycles. The Bertz CT molecular complexity index is 1100. The van der Waals surface area contributed by atoms with Crippen molar-refractivity contribution in [2.45, 2.75) is 131 Å². The Labute approximate surface area is 324 Å². The van der Waals surface area contributed by atoms with Crippen molar-refractivity contribution in [3.05, 3.63) is 69.8 Å². The number of unbranched alkanes of at least 4 members (excludes halogenated alkanes) is 2. The van der Waals surface area contributed by atoms with Crippen LogP contribution in [0.15, 0.2) is 36.4 Å². The van der Waals surface area contributed by atoms with Crippen LogP contribution in [0.1, 0.15) is 111 Å². The van der Waals surface area contributed by atoms with Gasteiger partial charge in [-0.2, -0.15) is 0 Å². The average Bonchev–Trinajstić information content (AvgIpc) is 3.06. The van der Waals surface area contributed by atoms with Gasteiger partial charge in [-0.3, -0.25) is 24.2 Å². The molecule has 0 spiro atoms. The Hall–Kier alpha value is -1.62. The van der Waals surface area contributed by atoms with E-state index in [4.69, 9.17) is 10.1 Å². The second kappa shape index (κ2) is 28.0. The summed E-state index contributed by atoms with van der Waals surface area (Å²) in [6.45, 7) is 17.1. The van der Waals surface area contributed by atoms with E-state index in [0.29, 0.717) is 24.4 Å². The van der Waals surface area contributed by atoms with Crippen molar-refractivity contribution in [3.8, 4) is 0 Å². The third kappa shape index (κ3) is 17.0. The van der Waals surface area contributed by atoms with Gasteiger partial charge in [0.2, 0.25) is 0 Å². The van der Waals surface area contributed by atoms with E-state index in [1.165, 1.54) is 84.7 Å². The molecule has 2 fully saturated rings. The number of likely N-dealkylation sites (tertiary alicyclic amines) is 2. The number of ketones is 2. The predicted octanol–water partition coefficient (Wildman–Crippen LogP) is 3.18. The van der Waals surface area contributed by atoms with Crippen LogP contribution in [0.3, 0.4) is 0 Å². The summed E-state index contributed by atoms with van der Waals surface area (Å²) in [6.07, 6.45) is 13.0. The second-order valence-corrected chi connectivity index (χ2v) is 13.0. The minimum absolute atomic E-state index is 0. The van der Waals surface area contributed by atoms with Gasteiger partial charge in [0, 0.05) is 12.8 Å². The molecular formula is C39H62ClN2NaO6. The van der Waals surface area contributed by atoms with Crippen LogP contribution in [0.2, 0.25) is 0 Å². The maximum atomic E-state index is 12.8. The Morgan fingerprint density at radius 1 is 0.735 bits per heavy atom. The summed E-state index contributed by atoms with van der Waals surface area (Å²) in [5.74, 6) is 0.839. The van der Waals surface area contributed by atoms with Gasteiger partial charge >= 0.3 is 29.6 Å².